The Morgan fingerprint density at radius 1 is 1.16 bits per heavy atom. The predicted octanol–water partition coefficient (Wildman–Crippen LogP) is 1.22. The Balaban J connectivity index is 1.95. The fraction of sp³-hybridized carbons (Fsp3) is 0.476. The van der Waals surface area contributed by atoms with Crippen molar-refractivity contribution in [3.05, 3.63) is 45.6 Å². The highest BCUT2D eigenvalue weighted by Gasteiger charge is 2.14. The number of hydrazine groups is 1. The first-order valence-corrected chi connectivity index (χ1v) is 10.3. The average molecular weight is 445 g/mol. The number of urea groups is 1. The van der Waals surface area contributed by atoms with Crippen molar-refractivity contribution in [2.75, 3.05) is 17.7 Å². The summed E-state index contributed by atoms with van der Waals surface area (Å²) in [6.45, 7) is 10.3. The van der Waals surface area contributed by atoms with Crippen LogP contribution in [-0.2, 0) is 17.9 Å². The molecule has 0 spiro atoms. The van der Waals surface area contributed by atoms with Crippen LogP contribution in [0.1, 0.15) is 44.1 Å². The molecule has 0 aliphatic carbocycles. The summed E-state index contributed by atoms with van der Waals surface area (Å²) in [6.07, 6.45) is 2.25. The van der Waals surface area contributed by atoms with Gasteiger partial charge in [-0.05, 0) is 37.3 Å². The van der Waals surface area contributed by atoms with E-state index in [0.717, 1.165) is 17.7 Å². The third kappa shape index (κ3) is 7.56. The van der Waals surface area contributed by atoms with Crippen molar-refractivity contribution in [3.63, 3.8) is 0 Å². The van der Waals surface area contributed by atoms with Gasteiger partial charge in [-0.15, -0.1) is 0 Å². The number of aromatic nitrogens is 3. The molecule has 174 valence electrons. The average Bonchev–Trinajstić information content (AvgIpc) is 2.69. The Labute approximate surface area is 187 Å². The summed E-state index contributed by atoms with van der Waals surface area (Å²) in [5.41, 5.74) is 12.2. The molecule has 3 amide bonds. The lowest BCUT2D eigenvalue weighted by molar-refractivity contribution is -0.121. The maximum Gasteiger partial charge on any atom is 0.333 e. The number of nitrogens with two attached hydrogens (primary N) is 1. The minimum Gasteiger partial charge on any atom is -0.384 e. The number of anilines is 2. The van der Waals surface area contributed by atoms with E-state index < -0.39 is 11.6 Å². The van der Waals surface area contributed by atoms with Crippen LogP contribution in [0.2, 0.25) is 0 Å². The van der Waals surface area contributed by atoms with Crippen LogP contribution in [0.15, 0.2) is 23.1 Å². The summed E-state index contributed by atoms with van der Waals surface area (Å²) in [5, 5.41) is 5.47. The van der Waals surface area contributed by atoms with Gasteiger partial charge in [0.25, 0.3) is 5.56 Å². The Hall–Kier alpha value is -3.63. The number of carbonyl (C=O) groups is 2. The van der Waals surface area contributed by atoms with Gasteiger partial charge in [0.1, 0.15) is 12.4 Å². The molecule has 2 heterocycles. The van der Waals surface area contributed by atoms with Crippen molar-refractivity contribution in [1.82, 2.24) is 30.6 Å². The van der Waals surface area contributed by atoms with Crippen molar-refractivity contribution in [2.45, 2.75) is 54.1 Å². The van der Waals surface area contributed by atoms with Crippen molar-refractivity contribution in [1.29, 1.82) is 0 Å². The molecule has 32 heavy (non-hydrogen) atoms. The van der Waals surface area contributed by atoms with Gasteiger partial charge in [0.2, 0.25) is 11.7 Å². The van der Waals surface area contributed by atoms with Gasteiger partial charge in [-0.25, -0.2) is 14.8 Å². The second-order valence-corrected chi connectivity index (χ2v) is 8.71. The Bertz CT molecular complexity index is 1030. The second kappa shape index (κ2) is 10.6. The molecule has 0 aliphatic rings. The van der Waals surface area contributed by atoms with E-state index in [1.165, 1.54) is 10.8 Å². The third-order valence-corrected chi connectivity index (χ3v) is 4.70. The number of hydrogen-bond donors (Lipinski definition) is 5. The fourth-order valence-corrected chi connectivity index (χ4v) is 2.75. The van der Waals surface area contributed by atoms with Gasteiger partial charge in [0.05, 0.1) is 0 Å². The predicted molar refractivity (Wildman–Crippen MR) is 123 cm³/mol. The summed E-state index contributed by atoms with van der Waals surface area (Å²) >= 11 is 0. The maximum atomic E-state index is 12.7. The van der Waals surface area contributed by atoms with E-state index in [1.807, 2.05) is 0 Å². The van der Waals surface area contributed by atoms with E-state index in [2.05, 4.69) is 52.2 Å². The lowest BCUT2D eigenvalue weighted by Crippen LogP contribution is -2.42. The maximum absolute atomic E-state index is 12.7. The van der Waals surface area contributed by atoms with Crippen LogP contribution in [0.25, 0.3) is 0 Å². The number of nitrogens with zero attached hydrogens (tertiary/aromatic N) is 3. The molecular weight excluding hydrogens is 412 g/mol. The molecule has 2 aromatic heterocycles. The number of nitrogen functional groups attached to an aromatic ring is 1. The quantitative estimate of drug-likeness (QED) is 0.383. The highest BCUT2D eigenvalue weighted by molar-refractivity contribution is 5.76. The molecule has 2 aromatic rings. The molecule has 0 unspecified atom stereocenters. The first-order chi connectivity index (χ1) is 15.0. The van der Waals surface area contributed by atoms with E-state index in [-0.39, 0.29) is 30.2 Å². The molecule has 0 atom stereocenters. The van der Waals surface area contributed by atoms with Crippen LogP contribution < -0.4 is 32.8 Å². The summed E-state index contributed by atoms with van der Waals surface area (Å²) in [5.74, 6) is -0.0301. The van der Waals surface area contributed by atoms with Crippen LogP contribution >= 0.6 is 0 Å². The van der Waals surface area contributed by atoms with Gasteiger partial charge in [-0.1, -0.05) is 26.8 Å². The van der Waals surface area contributed by atoms with E-state index >= 15 is 0 Å². The molecule has 0 saturated heterocycles. The molecule has 0 fully saturated rings. The van der Waals surface area contributed by atoms with E-state index in [0.29, 0.717) is 18.1 Å². The van der Waals surface area contributed by atoms with Crippen LogP contribution in [0.3, 0.4) is 0 Å². The van der Waals surface area contributed by atoms with Gasteiger partial charge in [0, 0.05) is 30.7 Å². The van der Waals surface area contributed by atoms with E-state index in [9.17, 15) is 14.4 Å². The third-order valence-electron chi connectivity index (χ3n) is 4.70. The van der Waals surface area contributed by atoms with Crippen LogP contribution in [0, 0.1) is 19.3 Å². The Kier molecular flexibility index (Phi) is 8.16. The van der Waals surface area contributed by atoms with Crippen molar-refractivity contribution in [2.24, 2.45) is 5.41 Å². The zero-order valence-electron chi connectivity index (χ0n) is 19.2. The van der Waals surface area contributed by atoms with Crippen molar-refractivity contribution >= 4 is 23.6 Å². The minimum absolute atomic E-state index is 0.0899. The number of nitrogens with one attached hydrogen (secondary N) is 4. The zero-order valence-corrected chi connectivity index (χ0v) is 19.2. The minimum atomic E-state index is -0.527. The molecule has 0 radical (unpaired) electrons. The smallest absolute Gasteiger partial charge is 0.333 e. The van der Waals surface area contributed by atoms with Crippen molar-refractivity contribution < 1.29 is 9.59 Å². The largest absolute Gasteiger partial charge is 0.384 e. The van der Waals surface area contributed by atoms with Gasteiger partial charge in [0.15, 0.2) is 0 Å². The number of pyridine rings is 1. The van der Waals surface area contributed by atoms with Crippen LogP contribution in [0.5, 0.6) is 0 Å². The Morgan fingerprint density at radius 3 is 2.53 bits per heavy atom. The standard InChI is InChI=1S/C21H32N8O3/c1-13-10-25-18(27-28-20(32)23-9-8-21(3,4)5)19(31)29(13)12-17(30)24-11-15-6-7-16(22)26-14(15)2/h6-7,10H,8-9,11-12H2,1-5H3,(H2,22,26)(H,24,30)(H,25,27)(H2,23,28,32). The van der Waals surface area contributed by atoms with Crippen LogP contribution in [-0.4, -0.2) is 33.0 Å². The normalized spacial score (nSPS) is 11.0. The number of carbonyl (C=O) groups excluding carboxylic acids is 2. The SMILES string of the molecule is Cc1nc(N)ccc1CNC(=O)Cn1c(C)cnc(NNC(=O)NCCC(C)(C)C)c1=O. The summed E-state index contributed by atoms with van der Waals surface area (Å²) in [6, 6.07) is 2.98. The van der Waals surface area contributed by atoms with Crippen LogP contribution in [0.4, 0.5) is 16.4 Å². The van der Waals surface area contributed by atoms with E-state index in [4.69, 9.17) is 5.73 Å². The molecule has 0 bridgehead atoms. The van der Waals surface area contributed by atoms with Gasteiger partial charge in [-0.2, -0.15) is 0 Å². The fourth-order valence-electron chi connectivity index (χ4n) is 2.75. The topological polar surface area (TPSA) is 156 Å². The molecule has 11 heteroatoms. The summed E-state index contributed by atoms with van der Waals surface area (Å²) < 4.78 is 1.28. The van der Waals surface area contributed by atoms with Gasteiger partial charge in [-0.3, -0.25) is 25.0 Å². The van der Waals surface area contributed by atoms with E-state index in [1.54, 1.807) is 26.0 Å². The molecule has 2 rings (SSSR count). The molecule has 11 nitrogen and oxygen atoms in total. The molecule has 0 aliphatic heterocycles. The number of rotatable bonds is 8. The molecule has 6 N–H and O–H groups in total. The second-order valence-electron chi connectivity index (χ2n) is 8.71. The molecular formula is C21H32N8O3. The summed E-state index contributed by atoms with van der Waals surface area (Å²) in [4.78, 5) is 45.2. The molecule has 0 saturated carbocycles. The molecule has 0 aromatic carbocycles. The summed E-state index contributed by atoms with van der Waals surface area (Å²) in [7, 11) is 0. The number of aryl methyl sites for hydroxylation is 2. The lowest BCUT2D eigenvalue weighted by Gasteiger charge is -2.18. The number of amides is 3. The van der Waals surface area contributed by atoms with Crippen molar-refractivity contribution in [3.8, 4) is 0 Å². The number of hydrogen-bond acceptors (Lipinski definition) is 7. The first-order valence-electron chi connectivity index (χ1n) is 10.3. The highest BCUT2D eigenvalue weighted by atomic mass is 16.2. The van der Waals surface area contributed by atoms with Gasteiger partial charge >= 0.3 is 6.03 Å². The first kappa shape index (κ1) is 24.6. The monoisotopic (exact) mass is 444 g/mol. The van der Waals surface area contributed by atoms with Gasteiger partial charge < -0.3 is 16.4 Å². The lowest BCUT2D eigenvalue weighted by atomic mass is 9.92. The Morgan fingerprint density at radius 2 is 1.88 bits per heavy atom. The zero-order chi connectivity index (χ0) is 23.9. The highest BCUT2D eigenvalue weighted by Crippen LogP contribution is 2.16.